The van der Waals surface area contributed by atoms with E-state index in [1.165, 1.54) is 0 Å². The van der Waals surface area contributed by atoms with Crippen LogP contribution in [-0.4, -0.2) is 19.8 Å². The van der Waals surface area contributed by atoms with Gasteiger partial charge in [-0.15, -0.1) is 0 Å². The second kappa shape index (κ2) is 6.54. The van der Waals surface area contributed by atoms with Gasteiger partial charge in [0.1, 0.15) is 5.82 Å². The monoisotopic (exact) mass is 291 g/mol. The Bertz CT molecular complexity index is 441. The molecule has 1 saturated heterocycles. The van der Waals surface area contributed by atoms with E-state index in [4.69, 9.17) is 4.74 Å². The van der Waals surface area contributed by atoms with Gasteiger partial charge in [0.15, 0.2) is 0 Å². The number of halogens is 4. The first-order chi connectivity index (χ1) is 9.45. The van der Waals surface area contributed by atoms with Crippen molar-refractivity contribution in [1.82, 2.24) is 5.32 Å². The number of rotatable bonds is 4. The fourth-order valence-electron chi connectivity index (χ4n) is 2.29. The average molecular weight is 291 g/mol. The van der Waals surface area contributed by atoms with Gasteiger partial charge in [-0.3, -0.25) is 0 Å². The fraction of sp³-hybridized carbons (Fsp3) is 0.571. The Morgan fingerprint density at radius 2 is 1.85 bits per heavy atom. The number of benzene rings is 1. The quantitative estimate of drug-likeness (QED) is 0.859. The standard InChI is InChI=1S/C14H17F4NO/c15-13-6-11(5-12(7-13)14(16,17)18)9-19-8-10-1-3-20-4-2-10/h5-7,10,19H,1-4,8-9H2. The van der Waals surface area contributed by atoms with Crippen LogP contribution in [0.3, 0.4) is 0 Å². The number of alkyl halides is 3. The Balaban J connectivity index is 1.90. The van der Waals surface area contributed by atoms with E-state index >= 15 is 0 Å². The molecule has 2 nitrogen and oxygen atoms in total. The molecule has 0 spiro atoms. The molecule has 0 aliphatic carbocycles. The molecule has 0 unspecified atom stereocenters. The van der Waals surface area contributed by atoms with Gasteiger partial charge in [-0.2, -0.15) is 13.2 Å². The van der Waals surface area contributed by atoms with E-state index in [0.29, 0.717) is 24.1 Å². The third-order valence-electron chi connectivity index (χ3n) is 3.39. The van der Waals surface area contributed by atoms with Gasteiger partial charge in [0.25, 0.3) is 0 Å². The molecular formula is C14H17F4NO. The van der Waals surface area contributed by atoms with Crippen LogP contribution in [0.4, 0.5) is 17.6 Å². The third kappa shape index (κ3) is 4.45. The molecule has 0 radical (unpaired) electrons. The molecule has 1 aromatic rings. The zero-order chi connectivity index (χ0) is 14.6. The normalized spacial score (nSPS) is 17.4. The molecule has 1 heterocycles. The summed E-state index contributed by atoms with van der Waals surface area (Å²) < 4.78 is 56.1. The van der Waals surface area contributed by atoms with Crippen LogP contribution in [0.5, 0.6) is 0 Å². The topological polar surface area (TPSA) is 21.3 Å². The van der Waals surface area contributed by atoms with Crippen LogP contribution in [0.25, 0.3) is 0 Å². The van der Waals surface area contributed by atoms with Gasteiger partial charge < -0.3 is 10.1 Å². The summed E-state index contributed by atoms with van der Waals surface area (Å²) >= 11 is 0. The van der Waals surface area contributed by atoms with E-state index in [-0.39, 0.29) is 6.54 Å². The van der Waals surface area contributed by atoms with Gasteiger partial charge in [0.2, 0.25) is 0 Å². The maximum absolute atomic E-state index is 13.2. The van der Waals surface area contributed by atoms with Gasteiger partial charge in [0.05, 0.1) is 5.56 Å². The molecule has 1 aromatic carbocycles. The molecule has 1 fully saturated rings. The molecule has 1 aliphatic heterocycles. The summed E-state index contributed by atoms with van der Waals surface area (Å²) in [5, 5.41) is 3.09. The second-order valence-electron chi connectivity index (χ2n) is 5.03. The van der Waals surface area contributed by atoms with Crippen molar-refractivity contribution in [3.8, 4) is 0 Å². The van der Waals surface area contributed by atoms with Crippen molar-refractivity contribution < 1.29 is 22.3 Å². The molecule has 2 rings (SSSR count). The predicted octanol–water partition coefficient (Wildman–Crippen LogP) is 3.36. The molecule has 0 aromatic heterocycles. The van der Waals surface area contributed by atoms with Crippen molar-refractivity contribution in [2.24, 2.45) is 5.92 Å². The zero-order valence-electron chi connectivity index (χ0n) is 11.0. The SMILES string of the molecule is Fc1cc(CNCC2CCOCC2)cc(C(F)(F)F)c1. The van der Waals surface area contributed by atoms with E-state index in [1.807, 2.05) is 0 Å². The summed E-state index contributed by atoms with van der Waals surface area (Å²) in [5.41, 5.74) is -0.634. The Kier molecular flexibility index (Phi) is 4.99. The summed E-state index contributed by atoms with van der Waals surface area (Å²) in [5.74, 6) is -0.387. The molecule has 0 saturated carbocycles. The highest BCUT2D eigenvalue weighted by Crippen LogP contribution is 2.30. The van der Waals surface area contributed by atoms with Crippen LogP contribution in [0.2, 0.25) is 0 Å². The predicted molar refractivity (Wildman–Crippen MR) is 66.7 cm³/mol. The van der Waals surface area contributed by atoms with Gasteiger partial charge in [-0.05, 0) is 49.1 Å². The van der Waals surface area contributed by atoms with Crippen LogP contribution < -0.4 is 5.32 Å². The maximum Gasteiger partial charge on any atom is 0.416 e. The van der Waals surface area contributed by atoms with Crippen molar-refractivity contribution in [2.45, 2.75) is 25.6 Å². The van der Waals surface area contributed by atoms with E-state index in [2.05, 4.69) is 5.32 Å². The van der Waals surface area contributed by atoms with Gasteiger partial charge in [0, 0.05) is 19.8 Å². The first kappa shape index (κ1) is 15.3. The Labute approximate surface area is 115 Å². The maximum atomic E-state index is 13.2. The molecule has 20 heavy (non-hydrogen) atoms. The van der Waals surface area contributed by atoms with E-state index in [9.17, 15) is 17.6 Å². The van der Waals surface area contributed by atoms with E-state index < -0.39 is 17.6 Å². The highest BCUT2D eigenvalue weighted by atomic mass is 19.4. The average Bonchev–Trinajstić information content (AvgIpc) is 2.38. The Hall–Kier alpha value is -1.14. The lowest BCUT2D eigenvalue weighted by Gasteiger charge is -2.22. The van der Waals surface area contributed by atoms with Crippen LogP contribution >= 0.6 is 0 Å². The number of hydrogen-bond donors (Lipinski definition) is 1. The minimum atomic E-state index is -4.52. The Morgan fingerprint density at radius 3 is 2.50 bits per heavy atom. The summed E-state index contributed by atoms with van der Waals surface area (Å²) in [4.78, 5) is 0. The number of nitrogens with one attached hydrogen (secondary N) is 1. The Morgan fingerprint density at radius 1 is 1.15 bits per heavy atom. The summed E-state index contributed by atoms with van der Waals surface area (Å²) in [6.45, 7) is 2.40. The third-order valence-corrected chi connectivity index (χ3v) is 3.39. The number of hydrogen-bond acceptors (Lipinski definition) is 2. The molecule has 0 atom stereocenters. The first-order valence-corrected chi connectivity index (χ1v) is 6.60. The van der Waals surface area contributed by atoms with Gasteiger partial charge in [-0.1, -0.05) is 0 Å². The summed E-state index contributed by atoms with van der Waals surface area (Å²) in [6.07, 6.45) is -2.62. The molecule has 0 bridgehead atoms. The number of ether oxygens (including phenoxy) is 1. The molecule has 112 valence electrons. The minimum absolute atomic E-state index is 0.234. The molecular weight excluding hydrogens is 274 g/mol. The van der Waals surface area contributed by atoms with Crippen LogP contribution in [0, 0.1) is 11.7 Å². The van der Waals surface area contributed by atoms with Gasteiger partial charge in [-0.25, -0.2) is 4.39 Å². The summed E-state index contributed by atoms with van der Waals surface area (Å²) in [7, 11) is 0. The lowest BCUT2D eigenvalue weighted by molar-refractivity contribution is -0.137. The van der Waals surface area contributed by atoms with Crippen molar-refractivity contribution >= 4 is 0 Å². The van der Waals surface area contributed by atoms with Crippen LogP contribution in [-0.2, 0) is 17.5 Å². The highest BCUT2D eigenvalue weighted by Gasteiger charge is 2.31. The highest BCUT2D eigenvalue weighted by molar-refractivity contribution is 5.26. The van der Waals surface area contributed by atoms with E-state index in [1.54, 1.807) is 0 Å². The molecule has 0 amide bonds. The van der Waals surface area contributed by atoms with Crippen molar-refractivity contribution in [3.63, 3.8) is 0 Å². The summed E-state index contributed by atoms with van der Waals surface area (Å²) in [6, 6.07) is 2.63. The molecule has 1 aliphatic rings. The second-order valence-corrected chi connectivity index (χ2v) is 5.03. The van der Waals surface area contributed by atoms with E-state index in [0.717, 1.165) is 38.2 Å². The minimum Gasteiger partial charge on any atom is -0.381 e. The van der Waals surface area contributed by atoms with Crippen LogP contribution in [0.15, 0.2) is 18.2 Å². The first-order valence-electron chi connectivity index (χ1n) is 6.60. The van der Waals surface area contributed by atoms with Crippen molar-refractivity contribution in [2.75, 3.05) is 19.8 Å². The van der Waals surface area contributed by atoms with Crippen molar-refractivity contribution in [1.29, 1.82) is 0 Å². The lowest BCUT2D eigenvalue weighted by Crippen LogP contribution is -2.27. The molecule has 6 heteroatoms. The lowest BCUT2D eigenvalue weighted by atomic mass is 10.0. The zero-order valence-corrected chi connectivity index (χ0v) is 11.0. The van der Waals surface area contributed by atoms with Crippen LogP contribution in [0.1, 0.15) is 24.0 Å². The van der Waals surface area contributed by atoms with Gasteiger partial charge >= 0.3 is 6.18 Å². The van der Waals surface area contributed by atoms with Crippen molar-refractivity contribution in [3.05, 3.63) is 35.1 Å². The fourth-order valence-corrected chi connectivity index (χ4v) is 2.29. The molecule has 1 N–H and O–H groups in total. The smallest absolute Gasteiger partial charge is 0.381 e. The largest absolute Gasteiger partial charge is 0.416 e.